The number of hydrogen-bond acceptors (Lipinski definition) is 7. The number of aromatic nitrogens is 3. The van der Waals surface area contributed by atoms with E-state index in [-0.39, 0.29) is 17.5 Å². The van der Waals surface area contributed by atoms with E-state index in [4.69, 9.17) is 14.0 Å². The van der Waals surface area contributed by atoms with Crippen molar-refractivity contribution in [1.29, 1.82) is 0 Å². The van der Waals surface area contributed by atoms with Gasteiger partial charge in [0.05, 0.1) is 31.7 Å². The number of rotatable bonds is 6. The minimum atomic E-state index is -3.42. The largest absolute Gasteiger partial charge is 0.493 e. The maximum absolute atomic E-state index is 15.7. The van der Waals surface area contributed by atoms with E-state index >= 15 is 4.39 Å². The van der Waals surface area contributed by atoms with E-state index in [2.05, 4.69) is 19.4 Å². The zero-order valence-electron chi connectivity index (χ0n) is 21.3. The third-order valence-corrected chi connectivity index (χ3v) is 7.18. The maximum Gasteiger partial charge on any atom is 0.260 e. The summed E-state index contributed by atoms with van der Waals surface area (Å²) in [5.74, 6) is 0.657. The SMILES string of the molecule is COc1cc2c(c(F)c1OC)CC(C)n1c(C)c(-c3ccc(NS(C)(=O)=O)cc3)c(-c3nc(C)no3)c1-2. The summed E-state index contributed by atoms with van der Waals surface area (Å²) < 4.78 is 60.1. The predicted octanol–water partition coefficient (Wildman–Crippen LogP) is 5.13. The zero-order chi connectivity index (χ0) is 26.6. The third-order valence-electron chi connectivity index (χ3n) is 6.58. The number of benzene rings is 2. The molecule has 0 bridgehead atoms. The van der Waals surface area contributed by atoms with E-state index in [0.29, 0.717) is 40.5 Å². The summed E-state index contributed by atoms with van der Waals surface area (Å²) in [5.41, 5.74) is 5.61. The first-order chi connectivity index (χ1) is 17.5. The standard InChI is InChI=1S/C26H27FN4O5S/c1-13-11-18-19(12-20(34-4)25(35-5)23(18)27)24-22(26-28-15(3)29-36-26)21(14(2)31(13)24)16-7-9-17(10-8-16)30-37(6,32)33/h7-10,12-13,30H,11H2,1-6H3. The normalized spacial score (nSPS) is 14.7. The summed E-state index contributed by atoms with van der Waals surface area (Å²) in [6.07, 6.45) is 1.55. The quantitative estimate of drug-likeness (QED) is 0.371. The summed E-state index contributed by atoms with van der Waals surface area (Å²) >= 11 is 0. The number of nitrogens with zero attached hydrogens (tertiary/aromatic N) is 3. The van der Waals surface area contributed by atoms with Gasteiger partial charge in [-0.3, -0.25) is 4.72 Å². The second-order valence-corrected chi connectivity index (χ2v) is 10.9. The van der Waals surface area contributed by atoms with Gasteiger partial charge in [-0.1, -0.05) is 17.3 Å². The Morgan fingerprint density at radius 3 is 2.41 bits per heavy atom. The molecule has 37 heavy (non-hydrogen) atoms. The fourth-order valence-corrected chi connectivity index (χ4v) is 5.75. The van der Waals surface area contributed by atoms with E-state index in [1.807, 2.05) is 26.0 Å². The molecule has 2 aromatic heterocycles. The van der Waals surface area contributed by atoms with Crippen molar-refractivity contribution in [3.8, 4) is 45.3 Å². The Morgan fingerprint density at radius 1 is 1.14 bits per heavy atom. The van der Waals surface area contributed by atoms with E-state index in [1.54, 1.807) is 25.1 Å². The molecule has 0 spiro atoms. The van der Waals surface area contributed by atoms with Crippen LogP contribution in [0.2, 0.25) is 0 Å². The highest BCUT2D eigenvalue weighted by Crippen LogP contribution is 2.51. The summed E-state index contributed by atoms with van der Waals surface area (Å²) in [6.45, 7) is 5.76. The molecule has 1 atom stereocenters. The first kappa shape index (κ1) is 24.8. The molecule has 1 unspecified atom stereocenters. The number of halogens is 1. The second-order valence-electron chi connectivity index (χ2n) is 9.16. The lowest BCUT2D eigenvalue weighted by Crippen LogP contribution is -2.19. The van der Waals surface area contributed by atoms with Gasteiger partial charge in [-0.05, 0) is 51.0 Å². The topological polar surface area (TPSA) is 108 Å². The molecule has 9 nitrogen and oxygen atoms in total. The van der Waals surface area contributed by atoms with Crippen molar-refractivity contribution in [3.63, 3.8) is 0 Å². The second kappa shape index (κ2) is 8.91. The fourth-order valence-electron chi connectivity index (χ4n) is 5.19. The van der Waals surface area contributed by atoms with Crippen LogP contribution < -0.4 is 14.2 Å². The van der Waals surface area contributed by atoms with Crippen LogP contribution in [0, 0.1) is 19.7 Å². The van der Waals surface area contributed by atoms with E-state index in [1.165, 1.54) is 14.2 Å². The predicted molar refractivity (Wildman–Crippen MR) is 138 cm³/mol. The molecule has 1 N–H and O–H groups in total. The number of aryl methyl sites for hydroxylation is 1. The average Bonchev–Trinajstić information content (AvgIpc) is 3.40. The summed E-state index contributed by atoms with van der Waals surface area (Å²) in [7, 11) is -0.528. The number of anilines is 1. The summed E-state index contributed by atoms with van der Waals surface area (Å²) in [6, 6.07) is 8.74. The number of sulfonamides is 1. The number of ether oxygens (including phenoxy) is 2. The molecule has 194 valence electrons. The highest BCUT2D eigenvalue weighted by atomic mass is 32.2. The van der Waals surface area contributed by atoms with Crippen LogP contribution in [0.4, 0.5) is 10.1 Å². The molecule has 0 amide bonds. The molecule has 0 radical (unpaired) electrons. The molecule has 0 saturated heterocycles. The monoisotopic (exact) mass is 526 g/mol. The molecule has 1 aliphatic heterocycles. The van der Waals surface area contributed by atoms with Crippen LogP contribution in [0.15, 0.2) is 34.9 Å². The lowest BCUT2D eigenvalue weighted by atomic mass is 9.90. The van der Waals surface area contributed by atoms with Gasteiger partial charge in [0, 0.05) is 34.1 Å². The van der Waals surface area contributed by atoms with Crippen molar-refractivity contribution in [1.82, 2.24) is 14.7 Å². The minimum absolute atomic E-state index is 0.0644. The van der Waals surface area contributed by atoms with Crippen molar-refractivity contribution in [2.75, 3.05) is 25.2 Å². The third kappa shape index (κ3) is 4.12. The van der Waals surface area contributed by atoms with Crippen LogP contribution in [0.1, 0.15) is 30.0 Å². The van der Waals surface area contributed by atoms with Crippen LogP contribution in [-0.2, 0) is 16.4 Å². The van der Waals surface area contributed by atoms with Gasteiger partial charge in [0.25, 0.3) is 5.89 Å². The number of fused-ring (bicyclic) bond motifs is 3. The van der Waals surface area contributed by atoms with Crippen molar-refractivity contribution >= 4 is 15.7 Å². The van der Waals surface area contributed by atoms with E-state index in [0.717, 1.165) is 28.8 Å². The molecular formula is C26H27FN4O5S. The van der Waals surface area contributed by atoms with Crippen molar-refractivity contribution in [2.24, 2.45) is 0 Å². The highest BCUT2D eigenvalue weighted by Gasteiger charge is 2.36. The Hall–Kier alpha value is -3.86. The van der Waals surface area contributed by atoms with Crippen LogP contribution >= 0.6 is 0 Å². The Labute approximate surface area is 214 Å². The summed E-state index contributed by atoms with van der Waals surface area (Å²) in [4.78, 5) is 4.52. The van der Waals surface area contributed by atoms with Crippen molar-refractivity contribution < 1.29 is 26.8 Å². The van der Waals surface area contributed by atoms with Gasteiger partial charge in [-0.15, -0.1) is 0 Å². The number of hydrogen-bond donors (Lipinski definition) is 1. The lowest BCUT2D eigenvalue weighted by molar-refractivity contribution is 0.334. The lowest BCUT2D eigenvalue weighted by Gasteiger charge is -2.29. The van der Waals surface area contributed by atoms with Crippen molar-refractivity contribution in [2.45, 2.75) is 33.2 Å². The Kier molecular flexibility index (Phi) is 5.98. The zero-order valence-corrected chi connectivity index (χ0v) is 22.2. The molecule has 0 fully saturated rings. The van der Waals surface area contributed by atoms with Crippen LogP contribution in [0.5, 0.6) is 11.5 Å². The molecular weight excluding hydrogens is 499 g/mol. The number of nitrogens with one attached hydrogen (secondary N) is 1. The summed E-state index contributed by atoms with van der Waals surface area (Å²) in [5, 5.41) is 4.00. The highest BCUT2D eigenvalue weighted by molar-refractivity contribution is 7.92. The van der Waals surface area contributed by atoms with Gasteiger partial charge in [0.1, 0.15) is 0 Å². The van der Waals surface area contributed by atoms with Gasteiger partial charge in [0.15, 0.2) is 23.1 Å². The van der Waals surface area contributed by atoms with Crippen LogP contribution in [-0.4, -0.2) is 43.6 Å². The Morgan fingerprint density at radius 2 is 1.84 bits per heavy atom. The first-order valence-electron chi connectivity index (χ1n) is 11.6. The Bertz CT molecular complexity index is 1620. The Balaban J connectivity index is 1.82. The van der Waals surface area contributed by atoms with Crippen LogP contribution in [0.25, 0.3) is 33.8 Å². The molecule has 1 aliphatic rings. The molecule has 0 aliphatic carbocycles. The van der Waals surface area contributed by atoms with E-state index in [9.17, 15) is 8.42 Å². The number of methoxy groups -OCH3 is 2. The molecule has 0 saturated carbocycles. The van der Waals surface area contributed by atoms with Gasteiger partial charge in [-0.25, -0.2) is 12.8 Å². The van der Waals surface area contributed by atoms with Gasteiger partial charge < -0.3 is 18.6 Å². The molecule has 4 aromatic rings. The molecule has 2 aromatic carbocycles. The fraction of sp³-hybridized carbons (Fsp3) is 0.308. The van der Waals surface area contributed by atoms with Gasteiger partial charge in [-0.2, -0.15) is 4.98 Å². The van der Waals surface area contributed by atoms with Crippen molar-refractivity contribution in [3.05, 3.63) is 53.2 Å². The van der Waals surface area contributed by atoms with E-state index < -0.39 is 15.8 Å². The molecule has 5 rings (SSSR count). The van der Waals surface area contributed by atoms with Gasteiger partial charge in [0.2, 0.25) is 10.0 Å². The molecule has 3 heterocycles. The van der Waals surface area contributed by atoms with Gasteiger partial charge >= 0.3 is 0 Å². The average molecular weight is 527 g/mol. The van der Waals surface area contributed by atoms with Crippen LogP contribution in [0.3, 0.4) is 0 Å². The maximum atomic E-state index is 15.7. The smallest absolute Gasteiger partial charge is 0.260 e. The molecule has 11 heteroatoms. The minimum Gasteiger partial charge on any atom is -0.493 e. The first-order valence-corrected chi connectivity index (χ1v) is 13.5.